The molecule has 0 spiro atoms. The van der Waals surface area contributed by atoms with Crippen molar-refractivity contribution >= 4 is 38.9 Å². The van der Waals surface area contributed by atoms with Crippen LogP contribution in [0.2, 0.25) is 0 Å². The molecule has 1 amide bonds. The Bertz CT molecular complexity index is 548. The normalized spacial score (nSPS) is 9.29. The minimum atomic E-state index is -0.333. The first-order valence-corrected chi connectivity index (χ1v) is 5.74. The highest BCUT2D eigenvalue weighted by Gasteiger charge is 2.02. The van der Waals surface area contributed by atoms with Crippen LogP contribution in [0, 0.1) is 0 Å². The van der Waals surface area contributed by atoms with E-state index < -0.39 is 0 Å². The molecule has 0 saturated heterocycles. The first kappa shape index (κ1) is 13.4. The second kappa shape index (κ2) is 6.15. The Balaban J connectivity index is 0.000000317. The summed E-state index contributed by atoms with van der Waals surface area (Å²) in [5.74, 6) is -0.333. The summed E-state index contributed by atoms with van der Waals surface area (Å²) >= 11 is 3.35. The van der Waals surface area contributed by atoms with Crippen LogP contribution in [0.3, 0.4) is 0 Å². The number of hydrogen-bond donors (Lipinski definition) is 1. The van der Waals surface area contributed by atoms with Crippen LogP contribution in [-0.4, -0.2) is 12.2 Å². The van der Waals surface area contributed by atoms with Crippen molar-refractivity contribution in [1.29, 1.82) is 0 Å². The van der Waals surface area contributed by atoms with Gasteiger partial charge in [0.1, 0.15) is 0 Å². The summed E-state index contributed by atoms with van der Waals surface area (Å²) < 4.78 is 0.848. The minimum absolute atomic E-state index is 0.333. The molecule has 0 unspecified atom stereocenters. The number of aldehydes is 1. The highest BCUT2D eigenvalue weighted by Crippen LogP contribution is 2.24. The van der Waals surface area contributed by atoms with E-state index in [9.17, 15) is 9.59 Å². The van der Waals surface area contributed by atoms with Crippen LogP contribution in [0.4, 0.5) is 0 Å². The number of halogens is 1. The van der Waals surface area contributed by atoms with Gasteiger partial charge in [0.15, 0.2) is 6.29 Å². The maximum atomic E-state index is 10.8. The molecule has 0 bridgehead atoms. The van der Waals surface area contributed by atoms with E-state index in [-0.39, 0.29) is 5.91 Å². The lowest BCUT2D eigenvalue weighted by Gasteiger charge is -2.01. The summed E-state index contributed by atoms with van der Waals surface area (Å²) in [6, 6.07) is 11.7. The van der Waals surface area contributed by atoms with Crippen molar-refractivity contribution in [1.82, 2.24) is 0 Å². The Kier molecular flexibility index (Phi) is 4.84. The molecule has 0 radical (unpaired) electrons. The molecule has 0 heterocycles. The van der Waals surface area contributed by atoms with Gasteiger partial charge in [-0.3, -0.25) is 9.59 Å². The maximum absolute atomic E-state index is 10.8. The highest BCUT2D eigenvalue weighted by molar-refractivity contribution is 9.10. The van der Waals surface area contributed by atoms with E-state index in [1.165, 1.54) is 6.92 Å². The second-order valence-corrected chi connectivity index (χ2v) is 4.27. The van der Waals surface area contributed by atoms with Crippen molar-refractivity contribution in [2.45, 2.75) is 6.92 Å². The van der Waals surface area contributed by atoms with Gasteiger partial charge in [0, 0.05) is 17.0 Å². The SMILES string of the molecule is CC(N)=O.O=Cc1c(Br)ccc2ccccc12. The maximum Gasteiger partial charge on any atom is 0.214 e. The van der Waals surface area contributed by atoms with Gasteiger partial charge in [-0.05, 0) is 16.8 Å². The fourth-order valence-electron chi connectivity index (χ4n) is 1.39. The molecule has 2 rings (SSSR count). The largest absolute Gasteiger partial charge is 0.370 e. The first-order chi connectivity index (χ1) is 8.06. The molecule has 2 aromatic carbocycles. The van der Waals surface area contributed by atoms with Crippen molar-refractivity contribution in [3.8, 4) is 0 Å². The van der Waals surface area contributed by atoms with Gasteiger partial charge in [-0.2, -0.15) is 0 Å². The molecular formula is C13H12BrNO2. The number of carbonyl (C=O) groups excluding carboxylic acids is 2. The van der Waals surface area contributed by atoms with Crippen LogP contribution in [0.5, 0.6) is 0 Å². The van der Waals surface area contributed by atoms with Crippen molar-refractivity contribution < 1.29 is 9.59 Å². The van der Waals surface area contributed by atoms with Crippen molar-refractivity contribution in [3.63, 3.8) is 0 Å². The molecule has 4 heteroatoms. The van der Waals surface area contributed by atoms with Crippen LogP contribution in [0.1, 0.15) is 17.3 Å². The predicted octanol–water partition coefficient (Wildman–Crippen LogP) is 2.91. The topological polar surface area (TPSA) is 60.2 Å². The molecule has 0 saturated carbocycles. The smallest absolute Gasteiger partial charge is 0.214 e. The van der Waals surface area contributed by atoms with Gasteiger partial charge in [0.05, 0.1) is 0 Å². The minimum Gasteiger partial charge on any atom is -0.370 e. The highest BCUT2D eigenvalue weighted by atomic mass is 79.9. The molecule has 3 nitrogen and oxygen atoms in total. The first-order valence-electron chi connectivity index (χ1n) is 4.94. The van der Waals surface area contributed by atoms with E-state index in [0.29, 0.717) is 0 Å². The molecule has 0 atom stereocenters. The van der Waals surface area contributed by atoms with Gasteiger partial charge in [-0.25, -0.2) is 0 Å². The summed E-state index contributed by atoms with van der Waals surface area (Å²) in [4.78, 5) is 20.0. The van der Waals surface area contributed by atoms with Crippen LogP contribution in [0.25, 0.3) is 10.8 Å². The van der Waals surface area contributed by atoms with Gasteiger partial charge in [0.25, 0.3) is 0 Å². The quantitative estimate of drug-likeness (QED) is 0.822. The number of rotatable bonds is 1. The summed E-state index contributed by atoms with van der Waals surface area (Å²) in [5, 5.41) is 2.08. The standard InChI is InChI=1S/C11H7BrO.C2H5NO/c12-11-6-5-8-3-1-2-4-9(8)10(11)7-13;1-2(3)4/h1-7H;1H3,(H2,3,4). The van der Waals surface area contributed by atoms with Crippen LogP contribution < -0.4 is 5.73 Å². The zero-order valence-corrected chi connectivity index (χ0v) is 10.9. The lowest BCUT2D eigenvalue weighted by Crippen LogP contribution is -2.01. The molecular weight excluding hydrogens is 282 g/mol. The van der Waals surface area contributed by atoms with E-state index in [0.717, 1.165) is 27.1 Å². The lowest BCUT2D eigenvalue weighted by atomic mass is 10.1. The van der Waals surface area contributed by atoms with Crippen LogP contribution in [0.15, 0.2) is 40.9 Å². The molecule has 2 aromatic rings. The Morgan fingerprint density at radius 2 is 1.82 bits per heavy atom. The van der Waals surface area contributed by atoms with Crippen molar-refractivity contribution in [2.24, 2.45) is 5.73 Å². The molecule has 17 heavy (non-hydrogen) atoms. The fourth-order valence-corrected chi connectivity index (χ4v) is 1.83. The van der Waals surface area contributed by atoms with Crippen molar-refractivity contribution in [3.05, 3.63) is 46.4 Å². The number of nitrogens with two attached hydrogens (primary N) is 1. The Labute approximate surface area is 108 Å². The van der Waals surface area contributed by atoms with Gasteiger partial charge < -0.3 is 5.73 Å². The number of hydrogen-bond acceptors (Lipinski definition) is 2. The molecule has 2 N–H and O–H groups in total. The fraction of sp³-hybridized carbons (Fsp3) is 0.0769. The third kappa shape index (κ3) is 3.67. The summed E-state index contributed by atoms with van der Waals surface area (Å²) in [5.41, 5.74) is 5.19. The zero-order valence-electron chi connectivity index (χ0n) is 9.31. The zero-order chi connectivity index (χ0) is 12.8. The summed E-state index contributed by atoms with van der Waals surface area (Å²) in [7, 11) is 0. The summed E-state index contributed by atoms with van der Waals surface area (Å²) in [6.45, 7) is 1.31. The molecule has 0 aliphatic heterocycles. The third-order valence-corrected chi connectivity index (χ3v) is 2.73. The lowest BCUT2D eigenvalue weighted by molar-refractivity contribution is -0.115. The van der Waals surface area contributed by atoms with Gasteiger partial charge in [0.2, 0.25) is 5.91 Å². The molecule has 0 fully saturated rings. The number of primary amides is 1. The molecule has 88 valence electrons. The number of benzene rings is 2. The predicted molar refractivity (Wildman–Crippen MR) is 71.9 cm³/mol. The van der Waals surface area contributed by atoms with E-state index in [4.69, 9.17) is 0 Å². The van der Waals surface area contributed by atoms with E-state index in [1.807, 2.05) is 36.4 Å². The Hall–Kier alpha value is -1.68. The Morgan fingerprint density at radius 3 is 2.41 bits per heavy atom. The Morgan fingerprint density at radius 1 is 1.24 bits per heavy atom. The van der Waals surface area contributed by atoms with Gasteiger partial charge in [-0.1, -0.05) is 46.3 Å². The van der Waals surface area contributed by atoms with E-state index >= 15 is 0 Å². The second-order valence-electron chi connectivity index (χ2n) is 3.41. The van der Waals surface area contributed by atoms with Crippen LogP contribution >= 0.6 is 15.9 Å². The van der Waals surface area contributed by atoms with Crippen LogP contribution in [-0.2, 0) is 4.79 Å². The number of amides is 1. The number of fused-ring (bicyclic) bond motifs is 1. The van der Waals surface area contributed by atoms with Gasteiger partial charge in [-0.15, -0.1) is 0 Å². The average molecular weight is 294 g/mol. The third-order valence-electron chi connectivity index (χ3n) is 2.04. The van der Waals surface area contributed by atoms with Gasteiger partial charge >= 0.3 is 0 Å². The van der Waals surface area contributed by atoms with E-state index in [2.05, 4.69) is 21.7 Å². The monoisotopic (exact) mass is 293 g/mol. The molecule has 0 aromatic heterocycles. The van der Waals surface area contributed by atoms with E-state index in [1.54, 1.807) is 0 Å². The van der Waals surface area contributed by atoms with Crippen molar-refractivity contribution in [2.75, 3.05) is 0 Å². The average Bonchev–Trinajstić information content (AvgIpc) is 2.28. The molecule has 0 aliphatic carbocycles. The number of carbonyl (C=O) groups is 2. The summed E-state index contributed by atoms with van der Waals surface area (Å²) in [6.07, 6.45) is 0.881. The molecule has 0 aliphatic rings.